The van der Waals surface area contributed by atoms with Crippen molar-refractivity contribution in [2.24, 2.45) is 0 Å². The minimum atomic E-state index is 0.691. The van der Waals surface area contributed by atoms with Crippen LogP contribution in [0.2, 0.25) is 0 Å². The molecule has 0 aliphatic rings. The van der Waals surface area contributed by atoms with Crippen LogP contribution >= 0.6 is 31.9 Å². The van der Waals surface area contributed by atoms with Crippen LogP contribution in [-0.2, 0) is 0 Å². The van der Waals surface area contributed by atoms with Crippen LogP contribution in [0.3, 0.4) is 0 Å². The second-order valence-corrected chi connectivity index (χ2v) is 4.66. The predicted molar refractivity (Wildman–Crippen MR) is 64.7 cm³/mol. The van der Waals surface area contributed by atoms with E-state index in [1.165, 1.54) is 0 Å². The molecule has 70 valence electrons. The van der Waals surface area contributed by atoms with Gasteiger partial charge in [-0.15, -0.1) is 0 Å². The molecule has 0 aliphatic heterocycles. The Labute approximate surface area is 98.4 Å². The molecule has 14 heavy (non-hydrogen) atoms. The lowest BCUT2D eigenvalue weighted by Gasteiger charge is -2.03. The molecule has 3 heteroatoms. The second-order valence-electron chi connectivity index (χ2n) is 2.95. The minimum Gasteiger partial charge on any atom is -0.298 e. The summed E-state index contributed by atoms with van der Waals surface area (Å²) in [7, 11) is 0. The molecule has 0 saturated carbocycles. The molecule has 0 bridgehead atoms. The van der Waals surface area contributed by atoms with E-state index >= 15 is 0 Å². The molecule has 0 fully saturated rings. The first-order chi connectivity index (χ1) is 6.72. The van der Waals surface area contributed by atoms with Crippen LogP contribution in [0.4, 0.5) is 0 Å². The molecule has 0 heterocycles. The first kappa shape index (κ1) is 9.87. The zero-order chi connectivity index (χ0) is 10.1. The molecule has 0 atom stereocenters. The van der Waals surface area contributed by atoms with Crippen molar-refractivity contribution in [2.75, 3.05) is 0 Å². The molecule has 0 amide bonds. The highest BCUT2D eigenvalue weighted by Gasteiger charge is 2.03. The molecule has 0 spiro atoms. The number of hydrogen-bond acceptors (Lipinski definition) is 1. The maximum Gasteiger partial charge on any atom is 0.150 e. The zero-order valence-corrected chi connectivity index (χ0v) is 10.3. The number of benzene rings is 2. The molecule has 2 aromatic carbocycles. The lowest BCUT2D eigenvalue weighted by atomic mass is 10.1. The van der Waals surface area contributed by atoms with Crippen LogP contribution in [0.25, 0.3) is 10.8 Å². The lowest BCUT2D eigenvalue weighted by molar-refractivity contribution is 0.112. The highest BCUT2D eigenvalue weighted by atomic mass is 79.9. The number of halogens is 2. The molecule has 0 N–H and O–H groups in total. The van der Waals surface area contributed by atoms with E-state index in [0.717, 1.165) is 26.0 Å². The van der Waals surface area contributed by atoms with Gasteiger partial charge in [-0.1, -0.05) is 44.0 Å². The molecule has 0 unspecified atom stereocenters. The minimum absolute atomic E-state index is 0.691. The quantitative estimate of drug-likeness (QED) is 0.722. The summed E-state index contributed by atoms with van der Waals surface area (Å²) in [4.78, 5) is 10.6. The maximum absolute atomic E-state index is 10.6. The number of carbonyl (C=O) groups is 1. The standard InChI is InChI=1S/C11H6Br2O/c12-10-3-4-11(13)9-5-7(6-14)1-2-8(9)10/h1-6H. The Morgan fingerprint density at radius 2 is 1.57 bits per heavy atom. The van der Waals surface area contributed by atoms with Crippen LogP contribution in [0.1, 0.15) is 10.4 Å². The lowest BCUT2D eigenvalue weighted by Crippen LogP contribution is -1.82. The molecule has 1 nitrogen and oxygen atoms in total. The number of aldehydes is 1. The molecule has 2 aromatic rings. The SMILES string of the molecule is O=Cc1ccc2c(Br)ccc(Br)c2c1. The van der Waals surface area contributed by atoms with Gasteiger partial charge in [0.2, 0.25) is 0 Å². The molecule has 0 saturated heterocycles. The summed E-state index contributed by atoms with van der Waals surface area (Å²) < 4.78 is 2.03. The van der Waals surface area contributed by atoms with Gasteiger partial charge in [-0.3, -0.25) is 4.79 Å². The van der Waals surface area contributed by atoms with E-state index in [-0.39, 0.29) is 0 Å². The van der Waals surface area contributed by atoms with Crippen molar-refractivity contribution in [3.8, 4) is 0 Å². The summed E-state index contributed by atoms with van der Waals surface area (Å²) in [6.07, 6.45) is 0.854. The van der Waals surface area contributed by atoms with Gasteiger partial charge in [0.1, 0.15) is 6.29 Å². The van der Waals surface area contributed by atoms with Crippen LogP contribution in [-0.4, -0.2) is 6.29 Å². The van der Waals surface area contributed by atoms with Crippen molar-refractivity contribution < 1.29 is 4.79 Å². The highest BCUT2D eigenvalue weighted by molar-refractivity contribution is 9.11. The number of carbonyl (C=O) groups excluding carboxylic acids is 1. The van der Waals surface area contributed by atoms with Crippen LogP contribution in [0.5, 0.6) is 0 Å². The van der Waals surface area contributed by atoms with Gasteiger partial charge in [-0.25, -0.2) is 0 Å². The van der Waals surface area contributed by atoms with E-state index < -0.39 is 0 Å². The Morgan fingerprint density at radius 3 is 2.21 bits per heavy atom. The van der Waals surface area contributed by atoms with Gasteiger partial charge in [0.25, 0.3) is 0 Å². The number of hydrogen-bond donors (Lipinski definition) is 0. The monoisotopic (exact) mass is 312 g/mol. The fourth-order valence-corrected chi connectivity index (χ4v) is 2.31. The van der Waals surface area contributed by atoms with E-state index in [1.54, 1.807) is 0 Å². The van der Waals surface area contributed by atoms with Gasteiger partial charge in [-0.2, -0.15) is 0 Å². The summed E-state index contributed by atoms with van der Waals surface area (Å²) in [5.74, 6) is 0. The molecule has 0 aliphatic carbocycles. The van der Waals surface area contributed by atoms with E-state index in [2.05, 4.69) is 31.9 Å². The third-order valence-corrected chi connectivity index (χ3v) is 3.45. The Kier molecular flexibility index (Phi) is 2.70. The summed E-state index contributed by atoms with van der Waals surface area (Å²) in [5.41, 5.74) is 0.691. The fourth-order valence-electron chi connectivity index (χ4n) is 1.37. The number of fused-ring (bicyclic) bond motifs is 1. The molecule has 2 rings (SSSR count). The molecular formula is C11H6Br2O. The molecular weight excluding hydrogens is 308 g/mol. The first-order valence-electron chi connectivity index (χ1n) is 4.05. The van der Waals surface area contributed by atoms with E-state index in [1.807, 2.05) is 30.3 Å². The third-order valence-electron chi connectivity index (χ3n) is 2.07. The van der Waals surface area contributed by atoms with Crippen molar-refractivity contribution in [2.45, 2.75) is 0 Å². The Hall–Kier alpha value is -0.670. The van der Waals surface area contributed by atoms with Gasteiger partial charge in [0.15, 0.2) is 0 Å². The third kappa shape index (κ3) is 1.62. The Balaban J connectivity index is 2.86. The second kappa shape index (κ2) is 3.83. The van der Waals surface area contributed by atoms with Crippen molar-refractivity contribution in [1.82, 2.24) is 0 Å². The van der Waals surface area contributed by atoms with Gasteiger partial charge in [0.05, 0.1) is 0 Å². The van der Waals surface area contributed by atoms with Crippen LogP contribution in [0, 0.1) is 0 Å². The average Bonchev–Trinajstić information content (AvgIpc) is 2.23. The summed E-state index contributed by atoms with van der Waals surface area (Å²) in [6.45, 7) is 0. The molecule has 0 aromatic heterocycles. The largest absolute Gasteiger partial charge is 0.298 e. The normalized spacial score (nSPS) is 10.4. The van der Waals surface area contributed by atoms with Crippen LogP contribution in [0.15, 0.2) is 39.3 Å². The topological polar surface area (TPSA) is 17.1 Å². The van der Waals surface area contributed by atoms with Crippen molar-refractivity contribution in [1.29, 1.82) is 0 Å². The van der Waals surface area contributed by atoms with Crippen molar-refractivity contribution >= 4 is 48.9 Å². The maximum atomic E-state index is 10.6. The number of rotatable bonds is 1. The van der Waals surface area contributed by atoms with Crippen LogP contribution < -0.4 is 0 Å². The Bertz CT molecular complexity index is 506. The van der Waals surface area contributed by atoms with Gasteiger partial charge < -0.3 is 0 Å². The average molecular weight is 314 g/mol. The van der Waals surface area contributed by atoms with Gasteiger partial charge in [0, 0.05) is 14.5 Å². The highest BCUT2D eigenvalue weighted by Crippen LogP contribution is 2.30. The van der Waals surface area contributed by atoms with Crippen molar-refractivity contribution in [3.63, 3.8) is 0 Å². The van der Waals surface area contributed by atoms with Gasteiger partial charge in [-0.05, 0) is 29.0 Å². The summed E-state index contributed by atoms with van der Waals surface area (Å²) >= 11 is 6.93. The fraction of sp³-hybridized carbons (Fsp3) is 0. The summed E-state index contributed by atoms with van der Waals surface area (Å²) in [6, 6.07) is 9.56. The smallest absolute Gasteiger partial charge is 0.150 e. The van der Waals surface area contributed by atoms with E-state index in [9.17, 15) is 4.79 Å². The Morgan fingerprint density at radius 1 is 0.929 bits per heavy atom. The first-order valence-corrected chi connectivity index (χ1v) is 5.64. The van der Waals surface area contributed by atoms with Crippen molar-refractivity contribution in [3.05, 3.63) is 44.8 Å². The molecule has 0 radical (unpaired) electrons. The predicted octanol–water partition coefficient (Wildman–Crippen LogP) is 4.18. The zero-order valence-electron chi connectivity index (χ0n) is 7.13. The van der Waals surface area contributed by atoms with Gasteiger partial charge >= 0.3 is 0 Å². The van der Waals surface area contributed by atoms with E-state index in [0.29, 0.717) is 5.56 Å². The van der Waals surface area contributed by atoms with E-state index in [4.69, 9.17) is 0 Å². The summed E-state index contributed by atoms with van der Waals surface area (Å²) in [5, 5.41) is 2.15.